The minimum absolute atomic E-state index is 0.181. The Morgan fingerprint density at radius 1 is 1.35 bits per heavy atom. The van der Waals surface area contributed by atoms with Gasteiger partial charge in [-0.05, 0) is 31.0 Å². The maximum absolute atomic E-state index is 13.6. The van der Waals surface area contributed by atoms with E-state index in [4.69, 9.17) is 5.73 Å². The van der Waals surface area contributed by atoms with Crippen LogP contribution in [0.5, 0.6) is 0 Å². The average Bonchev–Trinajstić information content (AvgIpc) is 3.07. The zero-order valence-electron chi connectivity index (χ0n) is 9.44. The Hall–Kier alpha value is -1.68. The molecule has 88 valence electrons. The van der Waals surface area contributed by atoms with E-state index in [0.29, 0.717) is 11.5 Å². The van der Waals surface area contributed by atoms with Crippen molar-refractivity contribution in [2.24, 2.45) is 5.73 Å². The van der Waals surface area contributed by atoms with Crippen molar-refractivity contribution in [2.75, 3.05) is 0 Å². The van der Waals surface area contributed by atoms with Crippen LogP contribution in [-0.4, -0.2) is 9.78 Å². The first-order valence-corrected chi connectivity index (χ1v) is 5.83. The highest BCUT2D eigenvalue weighted by atomic mass is 19.1. The third kappa shape index (κ3) is 1.85. The highest BCUT2D eigenvalue weighted by molar-refractivity contribution is 5.41. The second-order valence-electron chi connectivity index (χ2n) is 4.40. The monoisotopic (exact) mass is 231 g/mol. The molecule has 0 unspecified atom stereocenters. The lowest BCUT2D eigenvalue weighted by Gasteiger charge is -2.08. The Kier molecular flexibility index (Phi) is 2.44. The number of aromatic nitrogens is 2. The molecule has 1 aliphatic carbocycles. The van der Waals surface area contributed by atoms with Crippen molar-refractivity contribution in [1.29, 1.82) is 0 Å². The predicted octanol–water partition coefficient (Wildman–Crippen LogP) is 2.35. The van der Waals surface area contributed by atoms with E-state index in [1.807, 2.05) is 18.3 Å². The minimum Gasteiger partial charge on any atom is -0.326 e. The molecule has 3 nitrogen and oxygen atoms in total. The molecule has 0 bridgehead atoms. The van der Waals surface area contributed by atoms with E-state index in [1.165, 1.54) is 18.9 Å². The van der Waals surface area contributed by atoms with Gasteiger partial charge in [0.1, 0.15) is 5.82 Å². The summed E-state index contributed by atoms with van der Waals surface area (Å²) >= 11 is 0. The lowest BCUT2D eigenvalue weighted by Crippen LogP contribution is -2.07. The normalized spacial score (nSPS) is 15.2. The largest absolute Gasteiger partial charge is 0.326 e. The summed E-state index contributed by atoms with van der Waals surface area (Å²) in [4.78, 5) is 0. The van der Waals surface area contributed by atoms with Gasteiger partial charge in [-0.3, -0.25) is 0 Å². The fourth-order valence-corrected chi connectivity index (χ4v) is 2.03. The van der Waals surface area contributed by atoms with E-state index < -0.39 is 0 Å². The third-order valence-corrected chi connectivity index (χ3v) is 3.15. The molecule has 17 heavy (non-hydrogen) atoms. The molecule has 0 amide bonds. The molecule has 2 aromatic rings. The molecule has 0 aliphatic heterocycles. The van der Waals surface area contributed by atoms with Crippen LogP contribution in [-0.2, 0) is 6.54 Å². The van der Waals surface area contributed by atoms with Crippen LogP contribution in [0, 0.1) is 5.82 Å². The Morgan fingerprint density at radius 2 is 2.18 bits per heavy atom. The number of halogens is 1. The van der Waals surface area contributed by atoms with Gasteiger partial charge >= 0.3 is 0 Å². The fourth-order valence-electron chi connectivity index (χ4n) is 2.03. The van der Waals surface area contributed by atoms with E-state index in [2.05, 4.69) is 5.10 Å². The number of hydrogen-bond acceptors (Lipinski definition) is 2. The van der Waals surface area contributed by atoms with Crippen LogP contribution < -0.4 is 5.73 Å². The first-order chi connectivity index (χ1) is 8.29. The molecule has 0 atom stereocenters. The summed E-state index contributed by atoms with van der Waals surface area (Å²) in [5, 5.41) is 4.49. The summed E-state index contributed by atoms with van der Waals surface area (Å²) in [7, 11) is 0. The lowest BCUT2D eigenvalue weighted by molar-refractivity contribution is 0.606. The summed E-state index contributed by atoms with van der Waals surface area (Å²) in [6, 6.07) is 6.96. The highest BCUT2D eigenvalue weighted by Gasteiger charge is 2.26. The molecule has 1 aromatic carbocycles. The average molecular weight is 231 g/mol. The third-order valence-electron chi connectivity index (χ3n) is 3.15. The van der Waals surface area contributed by atoms with E-state index in [9.17, 15) is 4.39 Å². The lowest BCUT2D eigenvalue weighted by atomic mass is 10.1. The Morgan fingerprint density at radius 3 is 2.88 bits per heavy atom. The van der Waals surface area contributed by atoms with Crippen LogP contribution in [0.1, 0.15) is 30.0 Å². The minimum atomic E-state index is -0.270. The molecule has 2 N–H and O–H groups in total. The first kappa shape index (κ1) is 10.5. The molecule has 0 spiro atoms. The number of benzene rings is 1. The number of nitrogens with two attached hydrogens (primary N) is 1. The van der Waals surface area contributed by atoms with Crippen molar-refractivity contribution in [3.05, 3.63) is 47.5 Å². The summed E-state index contributed by atoms with van der Waals surface area (Å²) in [6.45, 7) is 0.181. The number of rotatable bonds is 3. The topological polar surface area (TPSA) is 43.8 Å². The smallest absolute Gasteiger partial charge is 0.129 e. The molecule has 3 rings (SSSR count). The van der Waals surface area contributed by atoms with E-state index in [-0.39, 0.29) is 12.4 Å². The van der Waals surface area contributed by atoms with Crippen molar-refractivity contribution < 1.29 is 4.39 Å². The maximum Gasteiger partial charge on any atom is 0.129 e. The highest BCUT2D eigenvalue weighted by Crippen LogP contribution is 2.39. The molecule has 1 heterocycles. The molecule has 0 saturated heterocycles. The van der Waals surface area contributed by atoms with E-state index in [0.717, 1.165) is 11.4 Å². The quantitative estimate of drug-likeness (QED) is 0.881. The van der Waals surface area contributed by atoms with Crippen LogP contribution in [0.3, 0.4) is 0 Å². The molecular formula is C13H14FN3. The molecule has 1 aromatic heterocycles. The van der Waals surface area contributed by atoms with E-state index in [1.54, 1.807) is 10.7 Å². The van der Waals surface area contributed by atoms with Gasteiger partial charge < -0.3 is 5.73 Å². The van der Waals surface area contributed by atoms with Crippen LogP contribution in [0.2, 0.25) is 0 Å². The van der Waals surface area contributed by atoms with Crippen LogP contribution in [0.25, 0.3) is 5.69 Å². The summed E-state index contributed by atoms with van der Waals surface area (Å²) < 4.78 is 15.3. The molecule has 1 aliphatic rings. The van der Waals surface area contributed by atoms with Crippen molar-refractivity contribution in [3.8, 4) is 5.69 Å². The SMILES string of the molecule is NCc1c(F)cccc1-n1ccc(C2CC2)n1. The van der Waals surface area contributed by atoms with Gasteiger partial charge in [0, 0.05) is 24.2 Å². The van der Waals surface area contributed by atoms with Crippen molar-refractivity contribution in [3.63, 3.8) is 0 Å². The molecule has 0 radical (unpaired) electrons. The van der Waals surface area contributed by atoms with Gasteiger partial charge in [0.2, 0.25) is 0 Å². The van der Waals surface area contributed by atoms with Gasteiger partial charge in [-0.1, -0.05) is 6.07 Å². The van der Waals surface area contributed by atoms with Gasteiger partial charge in [-0.2, -0.15) is 5.10 Å². The summed E-state index contributed by atoms with van der Waals surface area (Å²) in [6.07, 6.45) is 4.30. The van der Waals surface area contributed by atoms with Crippen LogP contribution in [0.15, 0.2) is 30.5 Å². The van der Waals surface area contributed by atoms with Gasteiger partial charge in [0.15, 0.2) is 0 Å². The number of nitrogens with zero attached hydrogens (tertiary/aromatic N) is 2. The van der Waals surface area contributed by atoms with Gasteiger partial charge in [-0.15, -0.1) is 0 Å². The molecule has 4 heteroatoms. The zero-order chi connectivity index (χ0) is 11.8. The van der Waals surface area contributed by atoms with Gasteiger partial charge in [-0.25, -0.2) is 9.07 Å². The maximum atomic E-state index is 13.6. The first-order valence-electron chi connectivity index (χ1n) is 5.83. The summed E-state index contributed by atoms with van der Waals surface area (Å²) in [5.41, 5.74) is 7.93. The van der Waals surface area contributed by atoms with E-state index >= 15 is 0 Å². The fraction of sp³-hybridized carbons (Fsp3) is 0.308. The molecule has 1 saturated carbocycles. The summed E-state index contributed by atoms with van der Waals surface area (Å²) in [5.74, 6) is 0.333. The van der Waals surface area contributed by atoms with Crippen molar-refractivity contribution in [1.82, 2.24) is 9.78 Å². The second-order valence-corrected chi connectivity index (χ2v) is 4.40. The van der Waals surface area contributed by atoms with Crippen LogP contribution in [0.4, 0.5) is 4.39 Å². The van der Waals surface area contributed by atoms with Gasteiger partial charge in [0.25, 0.3) is 0 Å². The Labute approximate surface area is 99.1 Å². The van der Waals surface area contributed by atoms with Gasteiger partial charge in [0.05, 0.1) is 11.4 Å². The predicted molar refractivity (Wildman–Crippen MR) is 63.4 cm³/mol. The van der Waals surface area contributed by atoms with Crippen molar-refractivity contribution >= 4 is 0 Å². The standard InChI is InChI=1S/C13H14FN3/c14-11-2-1-3-13(10(11)8-15)17-7-6-12(16-17)9-4-5-9/h1-3,6-7,9H,4-5,8,15H2. The van der Waals surface area contributed by atoms with Crippen LogP contribution >= 0.6 is 0 Å². The molecule has 1 fully saturated rings. The number of hydrogen-bond donors (Lipinski definition) is 1. The zero-order valence-corrected chi connectivity index (χ0v) is 9.44. The van der Waals surface area contributed by atoms with Crippen molar-refractivity contribution in [2.45, 2.75) is 25.3 Å². The molecular weight excluding hydrogens is 217 g/mol. The Bertz CT molecular complexity index is 543. The Balaban J connectivity index is 2.04. The second kappa shape index (κ2) is 3.96.